The number of hydrogen-bond donors (Lipinski definition) is 1. The predicted octanol–water partition coefficient (Wildman–Crippen LogP) is 2.03. The smallest absolute Gasteiger partial charge is 0.251 e. The molecule has 2 aromatic rings. The third-order valence-electron chi connectivity index (χ3n) is 3.95. The monoisotopic (exact) mass is 285 g/mol. The second-order valence-corrected chi connectivity index (χ2v) is 5.53. The van der Waals surface area contributed by atoms with Gasteiger partial charge >= 0.3 is 0 Å². The molecule has 1 aromatic heterocycles. The van der Waals surface area contributed by atoms with Crippen molar-refractivity contribution in [1.29, 1.82) is 0 Å². The van der Waals surface area contributed by atoms with Crippen LogP contribution in [0, 0.1) is 6.92 Å². The fourth-order valence-electron chi connectivity index (χ4n) is 2.73. The van der Waals surface area contributed by atoms with Crippen LogP contribution >= 0.6 is 0 Å². The lowest BCUT2D eigenvalue weighted by Gasteiger charge is -2.11. The molecule has 1 aromatic carbocycles. The molecule has 0 spiro atoms. The maximum absolute atomic E-state index is 12.1. The van der Waals surface area contributed by atoms with Crippen LogP contribution in [0.25, 0.3) is 0 Å². The number of aryl methyl sites for hydroxylation is 1. The van der Waals surface area contributed by atoms with Crippen molar-refractivity contribution in [3.63, 3.8) is 0 Å². The normalized spacial score (nSPS) is 15.3. The van der Waals surface area contributed by atoms with Gasteiger partial charge in [0, 0.05) is 5.56 Å². The Kier molecular flexibility index (Phi) is 3.94. The van der Waals surface area contributed by atoms with Gasteiger partial charge in [0.05, 0.1) is 12.6 Å². The highest BCUT2D eigenvalue weighted by atomic mass is 16.1. The first-order valence-electron chi connectivity index (χ1n) is 7.35. The number of carbonyl (C=O) groups excluding carboxylic acids is 1. The number of aromatic nitrogens is 4. The molecule has 0 atom stereocenters. The van der Waals surface area contributed by atoms with Crippen molar-refractivity contribution in [2.75, 3.05) is 0 Å². The molecule has 110 valence electrons. The molecule has 0 bridgehead atoms. The highest BCUT2D eigenvalue weighted by molar-refractivity contribution is 5.94. The molecule has 3 rings (SSSR count). The van der Waals surface area contributed by atoms with Crippen LogP contribution in [0.15, 0.2) is 24.3 Å². The molecule has 0 aliphatic heterocycles. The fourth-order valence-corrected chi connectivity index (χ4v) is 2.73. The summed E-state index contributed by atoms with van der Waals surface area (Å²) < 4.78 is 1.86. The lowest BCUT2D eigenvalue weighted by molar-refractivity contribution is 0.0949. The maximum Gasteiger partial charge on any atom is 0.251 e. The van der Waals surface area contributed by atoms with Gasteiger partial charge in [-0.2, -0.15) is 0 Å². The minimum Gasteiger partial charge on any atom is -0.345 e. The molecule has 1 fully saturated rings. The van der Waals surface area contributed by atoms with Crippen LogP contribution in [0.5, 0.6) is 0 Å². The second-order valence-electron chi connectivity index (χ2n) is 5.53. The van der Waals surface area contributed by atoms with Crippen LogP contribution in [-0.4, -0.2) is 26.1 Å². The number of benzene rings is 1. The third-order valence-corrected chi connectivity index (χ3v) is 3.95. The van der Waals surface area contributed by atoms with E-state index in [1.807, 2.05) is 35.9 Å². The Hall–Kier alpha value is -2.24. The molecular weight excluding hydrogens is 266 g/mol. The molecule has 0 saturated heterocycles. The average Bonchev–Trinajstić information content (AvgIpc) is 3.16. The zero-order valence-corrected chi connectivity index (χ0v) is 12.1. The molecule has 0 radical (unpaired) electrons. The van der Waals surface area contributed by atoms with Gasteiger partial charge in [-0.05, 0) is 42.3 Å². The fraction of sp³-hybridized carbons (Fsp3) is 0.467. The zero-order valence-electron chi connectivity index (χ0n) is 12.1. The molecule has 1 aliphatic carbocycles. The largest absolute Gasteiger partial charge is 0.345 e. The Bertz CT molecular complexity index is 613. The van der Waals surface area contributed by atoms with Crippen LogP contribution < -0.4 is 5.32 Å². The predicted molar refractivity (Wildman–Crippen MR) is 77.7 cm³/mol. The Morgan fingerprint density at radius 3 is 2.71 bits per heavy atom. The lowest BCUT2D eigenvalue weighted by Crippen LogP contribution is -2.25. The standard InChI is InChI=1S/C15H19N5O/c1-11-6-8-12(9-7-11)15(21)16-10-14-17-18-19-20(14)13-4-2-3-5-13/h6-9,13H,2-5,10H2,1H3,(H,16,21). The van der Waals surface area contributed by atoms with E-state index in [0.717, 1.165) is 24.2 Å². The van der Waals surface area contributed by atoms with Gasteiger partial charge in [0.1, 0.15) is 0 Å². The van der Waals surface area contributed by atoms with E-state index in [4.69, 9.17) is 0 Å². The lowest BCUT2D eigenvalue weighted by atomic mass is 10.1. The first kappa shape index (κ1) is 13.7. The number of tetrazole rings is 1. The van der Waals surface area contributed by atoms with E-state index in [9.17, 15) is 4.79 Å². The molecule has 6 nitrogen and oxygen atoms in total. The summed E-state index contributed by atoms with van der Waals surface area (Å²) in [5, 5.41) is 14.7. The zero-order chi connectivity index (χ0) is 14.7. The van der Waals surface area contributed by atoms with Crippen molar-refractivity contribution in [2.45, 2.75) is 45.2 Å². The van der Waals surface area contributed by atoms with Gasteiger partial charge in [-0.25, -0.2) is 4.68 Å². The molecule has 0 unspecified atom stereocenters. The van der Waals surface area contributed by atoms with Crippen molar-refractivity contribution in [3.05, 3.63) is 41.2 Å². The van der Waals surface area contributed by atoms with E-state index in [1.165, 1.54) is 12.8 Å². The summed E-state index contributed by atoms with van der Waals surface area (Å²) in [4.78, 5) is 12.1. The number of nitrogens with one attached hydrogen (secondary N) is 1. The van der Waals surface area contributed by atoms with E-state index >= 15 is 0 Å². The Labute approximate surface area is 123 Å². The first-order valence-corrected chi connectivity index (χ1v) is 7.35. The summed E-state index contributed by atoms with van der Waals surface area (Å²) in [6.45, 7) is 2.35. The van der Waals surface area contributed by atoms with E-state index in [2.05, 4.69) is 20.8 Å². The molecule has 1 amide bonds. The highest BCUT2D eigenvalue weighted by Crippen LogP contribution is 2.28. The quantitative estimate of drug-likeness (QED) is 0.933. The SMILES string of the molecule is Cc1ccc(C(=O)NCc2nnnn2C2CCCC2)cc1. The molecule has 1 N–H and O–H groups in total. The molecule has 1 heterocycles. The van der Waals surface area contributed by atoms with E-state index in [-0.39, 0.29) is 5.91 Å². The number of carbonyl (C=O) groups is 1. The minimum absolute atomic E-state index is 0.101. The van der Waals surface area contributed by atoms with Gasteiger partial charge in [-0.1, -0.05) is 30.5 Å². The van der Waals surface area contributed by atoms with E-state index < -0.39 is 0 Å². The molecule has 21 heavy (non-hydrogen) atoms. The number of nitrogens with zero attached hydrogens (tertiary/aromatic N) is 4. The molecule has 1 aliphatic rings. The second kappa shape index (κ2) is 6.03. The summed E-state index contributed by atoms with van der Waals surface area (Å²) in [5.41, 5.74) is 1.79. The van der Waals surface area contributed by atoms with E-state index in [1.54, 1.807) is 0 Å². The van der Waals surface area contributed by atoms with Gasteiger partial charge in [-0.15, -0.1) is 5.10 Å². The highest BCUT2D eigenvalue weighted by Gasteiger charge is 2.21. The van der Waals surface area contributed by atoms with Crippen LogP contribution in [0.2, 0.25) is 0 Å². The van der Waals surface area contributed by atoms with Crippen molar-refractivity contribution in [3.8, 4) is 0 Å². The summed E-state index contributed by atoms with van der Waals surface area (Å²) >= 11 is 0. The molecular formula is C15H19N5O. The Morgan fingerprint density at radius 2 is 2.00 bits per heavy atom. The van der Waals surface area contributed by atoms with E-state index in [0.29, 0.717) is 18.2 Å². The van der Waals surface area contributed by atoms with Crippen LogP contribution in [-0.2, 0) is 6.54 Å². The summed E-state index contributed by atoms with van der Waals surface area (Å²) in [6, 6.07) is 7.89. The number of hydrogen-bond acceptors (Lipinski definition) is 4. The van der Waals surface area contributed by atoms with Gasteiger partial charge in [0.15, 0.2) is 5.82 Å². The molecule has 6 heteroatoms. The van der Waals surface area contributed by atoms with Crippen LogP contribution in [0.3, 0.4) is 0 Å². The van der Waals surface area contributed by atoms with Crippen LogP contribution in [0.1, 0.15) is 53.5 Å². The minimum atomic E-state index is -0.101. The third kappa shape index (κ3) is 3.09. The van der Waals surface area contributed by atoms with Crippen molar-refractivity contribution in [1.82, 2.24) is 25.5 Å². The van der Waals surface area contributed by atoms with Gasteiger partial charge in [0.25, 0.3) is 5.91 Å². The van der Waals surface area contributed by atoms with Crippen molar-refractivity contribution >= 4 is 5.91 Å². The molecule has 1 saturated carbocycles. The number of amides is 1. The first-order chi connectivity index (χ1) is 10.2. The van der Waals surface area contributed by atoms with Gasteiger partial charge in [-0.3, -0.25) is 4.79 Å². The summed E-state index contributed by atoms with van der Waals surface area (Å²) in [7, 11) is 0. The summed E-state index contributed by atoms with van der Waals surface area (Å²) in [6.07, 6.45) is 4.67. The van der Waals surface area contributed by atoms with Crippen molar-refractivity contribution < 1.29 is 4.79 Å². The maximum atomic E-state index is 12.1. The van der Waals surface area contributed by atoms with Gasteiger partial charge < -0.3 is 5.32 Å². The van der Waals surface area contributed by atoms with Crippen LogP contribution in [0.4, 0.5) is 0 Å². The summed E-state index contributed by atoms with van der Waals surface area (Å²) in [5.74, 6) is 0.623. The van der Waals surface area contributed by atoms with Gasteiger partial charge in [0.2, 0.25) is 0 Å². The number of rotatable bonds is 4. The average molecular weight is 285 g/mol. The Balaban J connectivity index is 1.63. The topological polar surface area (TPSA) is 72.7 Å². The Morgan fingerprint density at radius 1 is 1.29 bits per heavy atom. The van der Waals surface area contributed by atoms with Crippen molar-refractivity contribution in [2.24, 2.45) is 0 Å².